The fourth-order valence-corrected chi connectivity index (χ4v) is 3.86. The summed E-state index contributed by atoms with van der Waals surface area (Å²) in [7, 11) is 2.97. The number of carbonyl (C=O) groups excluding carboxylic acids is 3. The molecule has 4 aromatic carbocycles. The van der Waals surface area contributed by atoms with Gasteiger partial charge < -0.3 is 20.1 Å². The maximum Gasteiger partial charge on any atom is 0.259 e. The molecule has 7 nitrogen and oxygen atoms in total. The first-order valence-corrected chi connectivity index (χ1v) is 11.6. The van der Waals surface area contributed by atoms with E-state index in [2.05, 4.69) is 10.6 Å². The quantitative estimate of drug-likeness (QED) is 0.304. The van der Waals surface area contributed by atoms with Gasteiger partial charge in [0, 0.05) is 11.1 Å². The van der Waals surface area contributed by atoms with Crippen molar-refractivity contribution in [3.63, 3.8) is 0 Å². The molecule has 0 saturated carbocycles. The third-order valence-electron chi connectivity index (χ3n) is 5.78. The van der Waals surface area contributed by atoms with Crippen LogP contribution in [-0.2, 0) is 0 Å². The van der Waals surface area contributed by atoms with E-state index < -0.39 is 11.8 Å². The number of amides is 2. The molecule has 2 N–H and O–H groups in total. The third-order valence-corrected chi connectivity index (χ3v) is 5.78. The Labute approximate surface area is 215 Å². The molecule has 0 aromatic heterocycles. The molecule has 4 rings (SSSR count). The highest BCUT2D eigenvalue weighted by molar-refractivity contribution is 6.17. The van der Waals surface area contributed by atoms with E-state index in [9.17, 15) is 14.4 Å². The lowest BCUT2D eigenvalue weighted by atomic mass is 9.99. The molecular weight excluding hydrogens is 468 g/mol. The maximum absolute atomic E-state index is 13.4. The van der Waals surface area contributed by atoms with Gasteiger partial charge in [0.15, 0.2) is 5.78 Å². The number of methoxy groups -OCH3 is 2. The Morgan fingerprint density at radius 2 is 1.27 bits per heavy atom. The van der Waals surface area contributed by atoms with Crippen molar-refractivity contribution in [3.8, 4) is 11.5 Å². The standard InChI is InChI=1S/C30H26N2O5/c1-19-13-15-26(23(17-19)28(33)20-9-5-4-6-10-20)32-29(34)22-11-7-8-12-25(22)31-30(35)24-18-21(36-2)14-16-27(24)37-3/h4-18H,1-3H3,(H,31,35)(H,32,34). The normalized spacial score (nSPS) is 10.4. The fourth-order valence-electron chi connectivity index (χ4n) is 3.86. The van der Waals surface area contributed by atoms with Crippen molar-refractivity contribution in [1.29, 1.82) is 0 Å². The van der Waals surface area contributed by atoms with Crippen molar-refractivity contribution < 1.29 is 23.9 Å². The number of carbonyl (C=O) groups is 3. The van der Waals surface area contributed by atoms with Gasteiger partial charge in [0.2, 0.25) is 0 Å². The van der Waals surface area contributed by atoms with Gasteiger partial charge in [0.05, 0.1) is 36.7 Å². The largest absolute Gasteiger partial charge is 0.497 e. The lowest BCUT2D eigenvalue weighted by molar-refractivity contribution is 0.102. The summed E-state index contributed by atoms with van der Waals surface area (Å²) in [6.07, 6.45) is 0. The van der Waals surface area contributed by atoms with E-state index in [1.54, 1.807) is 78.9 Å². The number of rotatable bonds is 8. The summed E-state index contributed by atoms with van der Waals surface area (Å²) in [6.45, 7) is 1.88. The number of ketones is 1. The van der Waals surface area contributed by atoms with Crippen LogP contribution in [0.5, 0.6) is 11.5 Å². The topological polar surface area (TPSA) is 93.7 Å². The zero-order chi connectivity index (χ0) is 26.4. The van der Waals surface area contributed by atoms with Crippen LogP contribution >= 0.6 is 0 Å². The number of nitrogens with one attached hydrogen (secondary N) is 2. The van der Waals surface area contributed by atoms with E-state index in [1.165, 1.54) is 14.2 Å². The zero-order valence-electron chi connectivity index (χ0n) is 20.7. The van der Waals surface area contributed by atoms with Gasteiger partial charge >= 0.3 is 0 Å². The molecule has 37 heavy (non-hydrogen) atoms. The van der Waals surface area contributed by atoms with Gasteiger partial charge in [-0.2, -0.15) is 0 Å². The number of benzene rings is 4. The Bertz CT molecular complexity index is 1460. The predicted octanol–water partition coefficient (Wildman–Crippen LogP) is 5.75. The summed E-state index contributed by atoms with van der Waals surface area (Å²) < 4.78 is 10.5. The minimum atomic E-state index is -0.473. The van der Waals surface area contributed by atoms with Gasteiger partial charge in [-0.15, -0.1) is 0 Å². The Hall–Kier alpha value is -4.91. The van der Waals surface area contributed by atoms with Crippen molar-refractivity contribution in [3.05, 3.63) is 119 Å². The van der Waals surface area contributed by atoms with Crippen LogP contribution in [0.25, 0.3) is 0 Å². The number of hydrogen-bond donors (Lipinski definition) is 2. The monoisotopic (exact) mass is 494 g/mol. The van der Waals surface area contributed by atoms with Crippen molar-refractivity contribution in [2.45, 2.75) is 6.92 Å². The SMILES string of the molecule is COc1ccc(OC)c(C(=O)Nc2ccccc2C(=O)Nc2ccc(C)cc2C(=O)c2ccccc2)c1. The minimum absolute atomic E-state index is 0.202. The molecule has 0 aliphatic heterocycles. The number of ether oxygens (including phenoxy) is 2. The number of anilines is 2. The molecule has 0 bridgehead atoms. The molecule has 0 spiro atoms. The molecule has 0 aliphatic carbocycles. The Balaban J connectivity index is 1.62. The molecule has 0 fully saturated rings. The molecule has 0 radical (unpaired) electrons. The minimum Gasteiger partial charge on any atom is -0.497 e. The Morgan fingerprint density at radius 1 is 0.622 bits per heavy atom. The summed E-state index contributed by atoms with van der Waals surface area (Å²) in [4.78, 5) is 39.7. The first-order chi connectivity index (χ1) is 17.9. The first-order valence-electron chi connectivity index (χ1n) is 11.6. The number of hydrogen-bond acceptors (Lipinski definition) is 5. The van der Waals surface area contributed by atoms with E-state index in [0.717, 1.165) is 5.56 Å². The van der Waals surface area contributed by atoms with E-state index in [-0.39, 0.29) is 16.9 Å². The van der Waals surface area contributed by atoms with Crippen LogP contribution in [0, 0.1) is 6.92 Å². The molecular formula is C30H26N2O5. The van der Waals surface area contributed by atoms with Gasteiger partial charge in [-0.25, -0.2) is 0 Å². The van der Waals surface area contributed by atoms with E-state index in [4.69, 9.17) is 9.47 Å². The molecule has 0 atom stereocenters. The van der Waals surface area contributed by atoms with Crippen LogP contribution in [0.15, 0.2) is 91.0 Å². The smallest absolute Gasteiger partial charge is 0.259 e. The molecule has 0 heterocycles. The lowest BCUT2D eigenvalue weighted by Crippen LogP contribution is -2.20. The van der Waals surface area contributed by atoms with Gasteiger partial charge in [0.1, 0.15) is 11.5 Å². The maximum atomic E-state index is 13.4. The highest BCUT2D eigenvalue weighted by atomic mass is 16.5. The molecule has 2 amide bonds. The molecule has 0 saturated heterocycles. The summed E-state index contributed by atoms with van der Waals surface area (Å²) in [6, 6.07) is 25.7. The van der Waals surface area contributed by atoms with Crippen LogP contribution in [0.4, 0.5) is 11.4 Å². The van der Waals surface area contributed by atoms with E-state index in [1.807, 2.05) is 19.1 Å². The molecule has 7 heteroatoms. The van der Waals surface area contributed by atoms with E-state index >= 15 is 0 Å². The second-order valence-electron chi connectivity index (χ2n) is 8.26. The van der Waals surface area contributed by atoms with Crippen LogP contribution < -0.4 is 20.1 Å². The second kappa shape index (κ2) is 11.2. The predicted molar refractivity (Wildman–Crippen MR) is 143 cm³/mol. The van der Waals surface area contributed by atoms with Crippen molar-refractivity contribution in [1.82, 2.24) is 0 Å². The van der Waals surface area contributed by atoms with Gasteiger partial charge in [-0.05, 0) is 49.4 Å². The average Bonchev–Trinajstić information content (AvgIpc) is 2.93. The molecule has 0 unspecified atom stereocenters. The van der Waals surface area contributed by atoms with Gasteiger partial charge in [-0.1, -0.05) is 54.1 Å². The van der Waals surface area contributed by atoms with E-state index in [0.29, 0.717) is 34.0 Å². The average molecular weight is 495 g/mol. The Kier molecular flexibility index (Phi) is 7.64. The molecule has 0 aliphatic rings. The number of para-hydroxylation sites is 1. The molecule has 186 valence electrons. The first kappa shape index (κ1) is 25.2. The second-order valence-corrected chi connectivity index (χ2v) is 8.26. The summed E-state index contributed by atoms with van der Waals surface area (Å²) >= 11 is 0. The third kappa shape index (κ3) is 5.67. The van der Waals surface area contributed by atoms with Crippen molar-refractivity contribution in [2.75, 3.05) is 24.9 Å². The highest BCUT2D eigenvalue weighted by Gasteiger charge is 2.20. The van der Waals surface area contributed by atoms with Gasteiger partial charge in [-0.3, -0.25) is 14.4 Å². The summed E-state index contributed by atoms with van der Waals surface area (Å²) in [5.74, 6) is -0.284. The summed E-state index contributed by atoms with van der Waals surface area (Å²) in [5.41, 5.74) is 2.95. The zero-order valence-corrected chi connectivity index (χ0v) is 20.7. The van der Waals surface area contributed by atoms with Gasteiger partial charge in [0.25, 0.3) is 11.8 Å². The highest BCUT2D eigenvalue weighted by Crippen LogP contribution is 2.27. The van der Waals surface area contributed by atoms with Crippen molar-refractivity contribution >= 4 is 29.0 Å². The van der Waals surface area contributed by atoms with Crippen molar-refractivity contribution in [2.24, 2.45) is 0 Å². The lowest BCUT2D eigenvalue weighted by Gasteiger charge is -2.15. The summed E-state index contributed by atoms with van der Waals surface area (Å²) in [5, 5.41) is 5.63. The van der Waals surface area contributed by atoms with Crippen LogP contribution in [0.3, 0.4) is 0 Å². The van der Waals surface area contributed by atoms with Crippen LogP contribution in [-0.4, -0.2) is 31.8 Å². The van der Waals surface area contributed by atoms with Crippen LogP contribution in [0.2, 0.25) is 0 Å². The van der Waals surface area contributed by atoms with Crippen LogP contribution in [0.1, 0.15) is 42.2 Å². The molecule has 4 aromatic rings. The Morgan fingerprint density at radius 3 is 1.97 bits per heavy atom. The number of aryl methyl sites for hydroxylation is 1. The fraction of sp³-hybridized carbons (Fsp3) is 0.100.